The average molecular weight is 360 g/mol. The summed E-state index contributed by atoms with van der Waals surface area (Å²) in [7, 11) is 1.70. The second kappa shape index (κ2) is 7.68. The summed E-state index contributed by atoms with van der Waals surface area (Å²) in [5.41, 5.74) is 2.40. The molecule has 0 fully saturated rings. The Balaban J connectivity index is 1.48. The van der Waals surface area contributed by atoms with Crippen molar-refractivity contribution in [1.82, 2.24) is 10.3 Å². The Hall–Kier alpha value is -2.69. The van der Waals surface area contributed by atoms with Gasteiger partial charge in [0.1, 0.15) is 10.8 Å². The topological polar surface area (TPSA) is 34.1 Å². The number of hydrogen-bond donors (Lipinski definition) is 1. The summed E-state index contributed by atoms with van der Waals surface area (Å²) < 4.78 is 5.40. The summed E-state index contributed by atoms with van der Waals surface area (Å²) in [6.45, 7) is 1.50. The van der Waals surface area contributed by atoms with Crippen molar-refractivity contribution in [2.45, 2.75) is 13.1 Å². The lowest BCUT2D eigenvalue weighted by molar-refractivity contribution is 0.407. The van der Waals surface area contributed by atoms with Crippen molar-refractivity contribution in [3.63, 3.8) is 0 Å². The standard InChI is InChI=1S/C22H20N2OS/c1-25-20-12-5-3-8-17(20)13-23-15-22-24-14-21(26-22)19-11-6-9-16-7-2-4-10-18(16)19/h2-12,14,23H,13,15H2,1H3. The average Bonchev–Trinajstić information content (AvgIpc) is 3.16. The Morgan fingerprint density at radius 1 is 0.923 bits per heavy atom. The second-order valence-corrected chi connectivity index (χ2v) is 7.18. The quantitative estimate of drug-likeness (QED) is 0.509. The molecule has 4 rings (SSSR count). The number of ether oxygens (including phenoxy) is 1. The number of aromatic nitrogens is 1. The summed E-state index contributed by atoms with van der Waals surface area (Å²) in [5.74, 6) is 0.913. The van der Waals surface area contributed by atoms with E-state index in [1.807, 2.05) is 24.4 Å². The van der Waals surface area contributed by atoms with Gasteiger partial charge in [-0.3, -0.25) is 0 Å². The van der Waals surface area contributed by atoms with Gasteiger partial charge in [0.25, 0.3) is 0 Å². The summed E-state index contributed by atoms with van der Waals surface area (Å²) in [6, 6.07) is 23.0. The maximum atomic E-state index is 5.40. The molecule has 3 nitrogen and oxygen atoms in total. The third-order valence-electron chi connectivity index (χ3n) is 4.39. The van der Waals surface area contributed by atoms with Crippen molar-refractivity contribution in [3.05, 3.63) is 83.5 Å². The van der Waals surface area contributed by atoms with Crippen LogP contribution in [-0.2, 0) is 13.1 Å². The molecule has 1 aromatic heterocycles. The molecule has 0 unspecified atom stereocenters. The molecule has 0 aliphatic carbocycles. The van der Waals surface area contributed by atoms with Crippen LogP contribution in [0.15, 0.2) is 72.9 Å². The molecule has 1 heterocycles. The predicted molar refractivity (Wildman–Crippen MR) is 109 cm³/mol. The highest BCUT2D eigenvalue weighted by Gasteiger charge is 2.08. The number of rotatable bonds is 6. The number of nitrogens with one attached hydrogen (secondary N) is 1. The van der Waals surface area contributed by atoms with E-state index in [-0.39, 0.29) is 0 Å². The van der Waals surface area contributed by atoms with Crippen molar-refractivity contribution in [2.75, 3.05) is 7.11 Å². The number of hydrogen-bond acceptors (Lipinski definition) is 4. The van der Waals surface area contributed by atoms with Crippen LogP contribution in [0.4, 0.5) is 0 Å². The molecule has 0 atom stereocenters. The van der Waals surface area contributed by atoms with Gasteiger partial charge < -0.3 is 10.1 Å². The van der Waals surface area contributed by atoms with Crippen LogP contribution in [0.25, 0.3) is 21.2 Å². The number of benzene rings is 3. The minimum Gasteiger partial charge on any atom is -0.496 e. The van der Waals surface area contributed by atoms with E-state index in [1.54, 1.807) is 18.4 Å². The maximum absolute atomic E-state index is 5.40. The Kier molecular flexibility index (Phi) is 4.95. The smallest absolute Gasteiger partial charge is 0.123 e. The highest BCUT2D eigenvalue weighted by Crippen LogP contribution is 2.32. The van der Waals surface area contributed by atoms with Gasteiger partial charge in [0.15, 0.2) is 0 Å². The van der Waals surface area contributed by atoms with Crippen LogP contribution in [0.2, 0.25) is 0 Å². The first-order valence-electron chi connectivity index (χ1n) is 8.60. The molecular weight excluding hydrogens is 340 g/mol. The predicted octanol–water partition coefficient (Wildman–Crippen LogP) is 5.26. The van der Waals surface area contributed by atoms with Crippen LogP contribution in [0.5, 0.6) is 5.75 Å². The molecule has 0 saturated heterocycles. The van der Waals surface area contributed by atoms with Crippen molar-refractivity contribution in [1.29, 1.82) is 0 Å². The zero-order chi connectivity index (χ0) is 17.8. The summed E-state index contributed by atoms with van der Waals surface area (Å²) >= 11 is 1.74. The Morgan fingerprint density at radius 2 is 1.73 bits per heavy atom. The lowest BCUT2D eigenvalue weighted by Gasteiger charge is -2.08. The lowest BCUT2D eigenvalue weighted by Crippen LogP contribution is -2.13. The van der Waals surface area contributed by atoms with Gasteiger partial charge >= 0.3 is 0 Å². The molecular formula is C22H20N2OS. The summed E-state index contributed by atoms with van der Waals surface area (Å²) in [5, 5.41) is 7.08. The third kappa shape index (κ3) is 3.47. The lowest BCUT2D eigenvalue weighted by atomic mass is 10.0. The van der Waals surface area contributed by atoms with E-state index in [2.05, 4.69) is 58.8 Å². The molecule has 0 saturated carbocycles. The van der Waals surface area contributed by atoms with Crippen molar-refractivity contribution in [2.24, 2.45) is 0 Å². The van der Waals surface area contributed by atoms with E-state index >= 15 is 0 Å². The zero-order valence-electron chi connectivity index (χ0n) is 14.6. The third-order valence-corrected chi connectivity index (χ3v) is 5.42. The van der Waals surface area contributed by atoms with Gasteiger partial charge in [0, 0.05) is 30.4 Å². The van der Waals surface area contributed by atoms with E-state index in [0.29, 0.717) is 0 Å². The molecule has 4 aromatic rings. The summed E-state index contributed by atoms with van der Waals surface area (Å²) in [4.78, 5) is 5.80. The van der Waals surface area contributed by atoms with Crippen molar-refractivity contribution >= 4 is 22.1 Å². The van der Waals surface area contributed by atoms with Gasteiger partial charge in [-0.05, 0) is 16.8 Å². The van der Waals surface area contributed by atoms with Crippen LogP contribution < -0.4 is 10.1 Å². The van der Waals surface area contributed by atoms with Crippen LogP contribution in [0, 0.1) is 0 Å². The fraction of sp³-hybridized carbons (Fsp3) is 0.136. The minimum absolute atomic E-state index is 0.744. The monoisotopic (exact) mass is 360 g/mol. The van der Waals surface area contributed by atoms with E-state index in [0.717, 1.165) is 29.4 Å². The number of thiazole rings is 1. The molecule has 130 valence electrons. The van der Waals surface area contributed by atoms with Gasteiger partial charge in [-0.2, -0.15) is 0 Å². The second-order valence-electron chi connectivity index (χ2n) is 6.06. The van der Waals surface area contributed by atoms with E-state index in [4.69, 9.17) is 4.74 Å². The Labute approximate surface area is 157 Å². The molecule has 3 aromatic carbocycles. The first-order chi connectivity index (χ1) is 12.8. The van der Waals surface area contributed by atoms with Gasteiger partial charge in [-0.25, -0.2) is 4.98 Å². The molecule has 4 heteroatoms. The van der Waals surface area contributed by atoms with Gasteiger partial charge in [0.05, 0.1) is 12.0 Å². The molecule has 0 bridgehead atoms. The van der Waals surface area contributed by atoms with Crippen molar-refractivity contribution in [3.8, 4) is 16.2 Å². The largest absolute Gasteiger partial charge is 0.496 e. The van der Waals surface area contributed by atoms with Crippen molar-refractivity contribution < 1.29 is 4.74 Å². The molecule has 0 aliphatic heterocycles. The van der Waals surface area contributed by atoms with Gasteiger partial charge in [0.2, 0.25) is 0 Å². The number of fused-ring (bicyclic) bond motifs is 1. The molecule has 1 N–H and O–H groups in total. The van der Waals surface area contributed by atoms with Crippen LogP contribution in [-0.4, -0.2) is 12.1 Å². The minimum atomic E-state index is 0.744. The molecule has 0 radical (unpaired) electrons. The molecule has 0 aliphatic rings. The molecule has 0 spiro atoms. The first kappa shape index (κ1) is 16.8. The van der Waals surface area contributed by atoms with Crippen LogP contribution in [0.1, 0.15) is 10.6 Å². The Morgan fingerprint density at radius 3 is 2.65 bits per heavy atom. The maximum Gasteiger partial charge on any atom is 0.123 e. The van der Waals surface area contributed by atoms with E-state index < -0.39 is 0 Å². The highest BCUT2D eigenvalue weighted by molar-refractivity contribution is 7.15. The normalized spacial score (nSPS) is 11.0. The van der Waals surface area contributed by atoms with Crippen LogP contribution >= 0.6 is 11.3 Å². The fourth-order valence-electron chi connectivity index (χ4n) is 3.11. The number of methoxy groups -OCH3 is 1. The first-order valence-corrected chi connectivity index (χ1v) is 9.42. The Bertz CT molecular complexity index is 1020. The highest BCUT2D eigenvalue weighted by atomic mass is 32.1. The van der Waals surface area contributed by atoms with E-state index in [1.165, 1.54) is 21.2 Å². The van der Waals surface area contributed by atoms with Gasteiger partial charge in [-0.15, -0.1) is 11.3 Å². The number of para-hydroxylation sites is 1. The zero-order valence-corrected chi connectivity index (χ0v) is 15.4. The number of nitrogens with zero attached hydrogens (tertiary/aromatic N) is 1. The molecule has 0 amide bonds. The molecule has 26 heavy (non-hydrogen) atoms. The summed E-state index contributed by atoms with van der Waals surface area (Å²) in [6.07, 6.45) is 1.98. The van der Waals surface area contributed by atoms with Crippen LogP contribution in [0.3, 0.4) is 0 Å². The SMILES string of the molecule is COc1ccccc1CNCc1ncc(-c2cccc3ccccc23)s1. The van der Waals surface area contributed by atoms with E-state index in [9.17, 15) is 0 Å². The fourth-order valence-corrected chi connectivity index (χ4v) is 4.04. The van der Waals surface area contributed by atoms with Gasteiger partial charge in [-0.1, -0.05) is 60.7 Å².